The van der Waals surface area contributed by atoms with Crippen LogP contribution in [0.15, 0.2) is 73.1 Å². The molecule has 8 heteroatoms. The van der Waals surface area contributed by atoms with Crippen molar-refractivity contribution in [1.29, 1.82) is 0 Å². The molecule has 0 bridgehead atoms. The van der Waals surface area contributed by atoms with E-state index in [0.717, 1.165) is 17.7 Å². The number of carbonyl (C=O) groups excluding carboxylic acids is 2. The lowest BCUT2D eigenvalue weighted by atomic mass is 10.1. The fourth-order valence-electron chi connectivity index (χ4n) is 2.80. The van der Waals surface area contributed by atoms with Crippen molar-refractivity contribution in [2.24, 2.45) is 0 Å². The Morgan fingerprint density at radius 2 is 1.57 bits per heavy atom. The van der Waals surface area contributed by atoms with Crippen LogP contribution in [0.5, 0.6) is 0 Å². The average molecular weight is 410 g/mol. The predicted octanol–water partition coefficient (Wildman–Crippen LogP) is 3.41. The van der Waals surface area contributed by atoms with Gasteiger partial charge in [0.1, 0.15) is 17.7 Å². The third-order valence-corrected chi connectivity index (χ3v) is 4.34. The van der Waals surface area contributed by atoms with Crippen molar-refractivity contribution >= 4 is 17.6 Å². The first-order valence-corrected chi connectivity index (χ1v) is 9.25. The SMILES string of the molecule is O=C(NCc1c(F)cccc1F)NC(Cc1ccccc1)C(=O)Nc1ccncc1. The molecule has 0 radical (unpaired) electrons. The van der Waals surface area contributed by atoms with Crippen molar-refractivity contribution in [2.75, 3.05) is 5.32 Å². The van der Waals surface area contributed by atoms with E-state index in [-0.39, 0.29) is 18.5 Å². The fourth-order valence-corrected chi connectivity index (χ4v) is 2.80. The summed E-state index contributed by atoms with van der Waals surface area (Å²) in [5.41, 5.74) is 1.12. The number of carbonyl (C=O) groups is 2. The number of rotatable bonds is 7. The van der Waals surface area contributed by atoms with E-state index < -0.39 is 29.6 Å². The maximum atomic E-state index is 13.7. The number of nitrogens with zero attached hydrogens (tertiary/aromatic N) is 1. The van der Waals surface area contributed by atoms with E-state index in [4.69, 9.17) is 0 Å². The Labute approximate surface area is 172 Å². The first-order chi connectivity index (χ1) is 14.5. The molecule has 3 amide bonds. The van der Waals surface area contributed by atoms with Crippen molar-refractivity contribution in [3.8, 4) is 0 Å². The molecule has 1 aromatic heterocycles. The maximum Gasteiger partial charge on any atom is 0.315 e. The lowest BCUT2D eigenvalue weighted by Crippen LogP contribution is -2.49. The Morgan fingerprint density at radius 1 is 0.900 bits per heavy atom. The number of hydrogen-bond acceptors (Lipinski definition) is 3. The summed E-state index contributed by atoms with van der Waals surface area (Å²) in [4.78, 5) is 29.0. The highest BCUT2D eigenvalue weighted by Gasteiger charge is 2.22. The number of nitrogens with one attached hydrogen (secondary N) is 3. The zero-order valence-corrected chi connectivity index (χ0v) is 15.9. The summed E-state index contributed by atoms with van der Waals surface area (Å²) in [5.74, 6) is -1.95. The second-order valence-electron chi connectivity index (χ2n) is 6.49. The maximum absolute atomic E-state index is 13.7. The van der Waals surface area contributed by atoms with Gasteiger partial charge in [-0.1, -0.05) is 36.4 Å². The topological polar surface area (TPSA) is 83.1 Å². The van der Waals surface area contributed by atoms with Gasteiger partial charge in [0.2, 0.25) is 5.91 Å². The number of anilines is 1. The van der Waals surface area contributed by atoms with Crippen LogP contribution >= 0.6 is 0 Å². The summed E-state index contributed by atoms with van der Waals surface area (Å²) in [6, 6.07) is 14.2. The Balaban J connectivity index is 1.68. The van der Waals surface area contributed by atoms with Gasteiger partial charge in [-0.3, -0.25) is 9.78 Å². The zero-order valence-electron chi connectivity index (χ0n) is 15.9. The summed E-state index contributed by atoms with van der Waals surface area (Å²) in [6.07, 6.45) is 3.30. The molecule has 1 heterocycles. The minimum absolute atomic E-state index is 0.235. The average Bonchev–Trinajstić information content (AvgIpc) is 2.74. The summed E-state index contributed by atoms with van der Waals surface area (Å²) in [6.45, 7) is -0.353. The van der Waals surface area contributed by atoms with Gasteiger partial charge < -0.3 is 16.0 Å². The number of pyridine rings is 1. The van der Waals surface area contributed by atoms with Crippen LogP contribution in [-0.4, -0.2) is 23.0 Å². The lowest BCUT2D eigenvalue weighted by Gasteiger charge is -2.19. The van der Waals surface area contributed by atoms with Gasteiger partial charge in [0, 0.05) is 30.1 Å². The molecule has 0 saturated heterocycles. The molecule has 1 atom stereocenters. The third kappa shape index (κ3) is 5.84. The number of hydrogen-bond donors (Lipinski definition) is 3. The van der Waals surface area contributed by atoms with Crippen LogP contribution in [0.2, 0.25) is 0 Å². The third-order valence-electron chi connectivity index (χ3n) is 4.34. The Bertz CT molecular complexity index is 980. The van der Waals surface area contributed by atoms with Crippen molar-refractivity contribution in [3.05, 3.63) is 95.8 Å². The molecule has 0 spiro atoms. The van der Waals surface area contributed by atoms with Gasteiger partial charge in [0.25, 0.3) is 0 Å². The number of urea groups is 1. The zero-order chi connectivity index (χ0) is 21.3. The Hall–Kier alpha value is -3.81. The van der Waals surface area contributed by atoms with Crippen molar-refractivity contribution in [1.82, 2.24) is 15.6 Å². The summed E-state index contributed by atoms with van der Waals surface area (Å²) in [5, 5.41) is 7.69. The molecule has 2 aromatic carbocycles. The van der Waals surface area contributed by atoms with E-state index in [9.17, 15) is 18.4 Å². The molecule has 3 N–H and O–H groups in total. The van der Waals surface area contributed by atoms with Gasteiger partial charge in [-0.25, -0.2) is 13.6 Å². The molecule has 3 rings (SSSR count). The molecule has 0 aliphatic carbocycles. The molecular formula is C22H20F2N4O2. The number of aromatic nitrogens is 1. The molecular weight excluding hydrogens is 390 g/mol. The number of amides is 3. The van der Waals surface area contributed by atoms with Gasteiger partial charge >= 0.3 is 6.03 Å². The van der Waals surface area contributed by atoms with Crippen molar-refractivity contribution in [3.63, 3.8) is 0 Å². The van der Waals surface area contributed by atoms with E-state index in [0.29, 0.717) is 5.69 Å². The predicted molar refractivity (Wildman–Crippen MR) is 109 cm³/mol. The molecule has 0 aliphatic heterocycles. The monoisotopic (exact) mass is 410 g/mol. The highest BCUT2D eigenvalue weighted by Crippen LogP contribution is 2.12. The second-order valence-corrected chi connectivity index (χ2v) is 6.49. The van der Waals surface area contributed by atoms with Crippen LogP contribution in [0.3, 0.4) is 0 Å². The summed E-state index contributed by atoms with van der Waals surface area (Å²) in [7, 11) is 0. The molecule has 0 aliphatic rings. The molecule has 6 nitrogen and oxygen atoms in total. The van der Waals surface area contributed by atoms with Gasteiger partial charge in [-0.15, -0.1) is 0 Å². The molecule has 30 heavy (non-hydrogen) atoms. The Kier molecular flexibility index (Phi) is 7.05. The molecule has 0 fully saturated rings. The van der Waals surface area contributed by atoms with E-state index in [1.165, 1.54) is 18.5 Å². The Morgan fingerprint density at radius 3 is 2.23 bits per heavy atom. The van der Waals surface area contributed by atoms with E-state index in [1.54, 1.807) is 12.1 Å². The van der Waals surface area contributed by atoms with E-state index in [2.05, 4.69) is 20.9 Å². The lowest BCUT2D eigenvalue weighted by molar-refractivity contribution is -0.117. The second kappa shape index (κ2) is 10.1. The van der Waals surface area contributed by atoms with Crippen LogP contribution in [0.1, 0.15) is 11.1 Å². The normalized spacial score (nSPS) is 11.4. The highest BCUT2D eigenvalue weighted by molar-refractivity contribution is 5.97. The number of halogens is 2. The quantitative estimate of drug-likeness (QED) is 0.558. The van der Waals surface area contributed by atoms with Gasteiger partial charge in [-0.2, -0.15) is 0 Å². The summed E-state index contributed by atoms with van der Waals surface area (Å²) >= 11 is 0. The van der Waals surface area contributed by atoms with Crippen molar-refractivity contribution < 1.29 is 18.4 Å². The van der Waals surface area contributed by atoms with Crippen LogP contribution < -0.4 is 16.0 Å². The van der Waals surface area contributed by atoms with Gasteiger partial charge in [0.05, 0.1) is 6.54 Å². The van der Waals surface area contributed by atoms with Crippen molar-refractivity contribution in [2.45, 2.75) is 19.0 Å². The standard InChI is InChI=1S/C22H20F2N4O2/c23-18-7-4-8-19(24)17(18)14-26-22(30)28-20(13-15-5-2-1-3-6-15)21(29)27-16-9-11-25-12-10-16/h1-12,20H,13-14H2,(H,25,27,29)(H2,26,28,30). The minimum atomic E-state index is -0.911. The smallest absolute Gasteiger partial charge is 0.315 e. The first kappa shape index (κ1) is 20.9. The van der Waals surface area contributed by atoms with Crippen LogP contribution in [0, 0.1) is 11.6 Å². The fraction of sp³-hybridized carbons (Fsp3) is 0.136. The summed E-state index contributed by atoms with van der Waals surface area (Å²) < 4.78 is 27.5. The van der Waals surface area contributed by atoms with Gasteiger partial charge in [0.15, 0.2) is 0 Å². The van der Waals surface area contributed by atoms with Crippen LogP contribution in [-0.2, 0) is 17.8 Å². The van der Waals surface area contributed by atoms with Crippen LogP contribution in [0.4, 0.5) is 19.3 Å². The molecule has 154 valence electrons. The van der Waals surface area contributed by atoms with E-state index >= 15 is 0 Å². The number of benzene rings is 2. The minimum Gasteiger partial charge on any atom is -0.334 e. The molecule has 1 unspecified atom stereocenters. The van der Waals surface area contributed by atoms with E-state index in [1.807, 2.05) is 30.3 Å². The van der Waals surface area contributed by atoms with Gasteiger partial charge in [-0.05, 0) is 29.8 Å². The highest BCUT2D eigenvalue weighted by atomic mass is 19.1. The molecule has 3 aromatic rings. The first-order valence-electron chi connectivity index (χ1n) is 9.25. The molecule has 0 saturated carbocycles. The largest absolute Gasteiger partial charge is 0.334 e. The van der Waals surface area contributed by atoms with Crippen LogP contribution in [0.25, 0.3) is 0 Å².